The summed E-state index contributed by atoms with van der Waals surface area (Å²) >= 11 is 0. The lowest BCUT2D eigenvalue weighted by molar-refractivity contribution is 0.0717. The summed E-state index contributed by atoms with van der Waals surface area (Å²) in [7, 11) is 0. The van der Waals surface area contributed by atoms with Crippen molar-refractivity contribution in [1.29, 1.82) is 5.26 Å². The fourth-order valence-corrected chi connectivity index (χ4v) is 4.58. The Morgan fingerprint density at radius 3 is 2.73 bits per heavy atom. The highest BCUT2D eigenvalue weighted by Gasteiger charge is 2.26. The van der Waals surface area contributed by atoms with Crippen LogP contribution >= 0.6 is 0 Å². The molecule has 0 radical (unpaired) electrons. The molecule has 2 atom stereocenters. The molecule has 2 aromatic carbocycles. The summed E-state index contributed by atoms with van der Waals surface area (Å²) in [6.45, 7) is 5.73. The number of nitrogens with zero attached hydrogens (tertiary/aromatic N) is 3. The first kappa shape index (κ1) is 22.5. The van der Waals surface area contributed by atoms with Crippen LogP contribution in [0, 0.1) is 18.3 Å². The predicted molar refractivity (Wildman–Crippen MR) is 128 cm³/mol. The fourth-order valence-electron chi connectivity index (χ4n) is 4.58. The van der Waals surface area contributed by atoms with Crippen LogP contribution in [0.15, 0.2) is 55.4 Å². The monoisotopic (exact) mass is 440 g/mol. The van der Waals surface area contributed by atoms with E-state index in [9.17, 15) is 15.2 Å². The van der Waals surface area contributed by atoms with Gasteiger partial charge in [0.1, 0.15) is 0 Å². The van der Waals surface area contributed by atoms with Crippen molar-refractivity contribution >= 4 is 12.0 Å². The summed E-state index contributed by atoms with van der Waals surface area (Å²) in [5.74, 6) is -0.237. The Labute approximate surface area is 194 Å². The number of nitriles is 1. The molecule has 6 nitrogen and oxygen atoms in total. The van der Waals surface area contributed by atoms with Crippen LogP contribution in [0.5, 0.6) is 0 Å². The first-order valence-electron chi connectivity index (χ1n) is 11.3. The number of nitrogens with one attached hydrogen (secondary N) is 1. The Morgan fingerprint density at radius 2 is 2.09 bits per heavy atom. The molecule has 1 saturated carbocycles. The highest BCUT2D eigenvalue weighted by Crippen LogP contribution is 2.27. The maximum Gasteiger partial charge on any atom is 0.252 e. The summed E-state index contributed by atoms with van der Waals surface area (Å²) in [6, 6.07) is 13.7. The molecule has 1 aliphatic carbocycles. The molecule has 1 aromatic heterocycles. The van der Waals surface area contributed by atoms with E-state index in [2.05, 4.69) is 23.1 Å². The molecule has 0 saturated heterocycles. The fraction of sp³-hybridized carbons (Fsp3) is 0.296. The molecule has 6 heteroatoms. The van der Waals surface area contributed by atoms with Gasteiger partial charge in [-0.05, 0) is 72.7 Å². The number of benzene rings is 2. The molecule has 0 aliphatic heterocycles. The molecule has 1 aliphatic rings. The highest BCUT2D eigenvalue weighted by atomic mass is 16.3. The zero-order valence-electron chi connectivity index (χ0n) is 18.8. The molecule has 1 amide bonds. The van der Waals surface area contributed by atoms with Gasteiger partial charge in [-0.25, -0.2) is 4.68 Å². The SMILES string of the molecule is C=Cc1c(C(=O)N[C@@H]2CCCC[C@H]2O)cc(Cc2ccc(-n3cccn3)cc2)c(C#N)c1C. The molecule has 3 aromatic rings. The van der Waals surface area contributed by atoms with Gasteiger partial charge in [-0.2, -0.15) is 10.4 Å². The number of rotatable bonds is 6. The lowest BCUT2D eigenvalue weighted by Crippen LogP contribution is -2.45. The molecule has 2 N–H and O–H groups in total. The Morgan fingerprint density at radius 1 is 1.33 bits per heavy atom. The molecule has 0 unspecified atom stereocenters. The average Bonchev–Trinajstić information content (AvgIpc) is 3.36. The first-order chi connectivity index (χ1) is 16.0. The van der Waals surface area contributed by atoms with E-state index in [1.165, 1.54) is 0 Å². The number of aliphatic hydroxyl groups excluding tert-OH is 1. The number of aliphatic hydroxyl groups is 1. The number of hydrogen-bond donors (Lipinski definition) is 2. The third-order valence-corrected chi connectivity index (χ3v) is 6.42. The van der Waals surface area contributed by atoms with Crippen molar-refractivity contribution in [2.24, 2.45) is 0 Å². The molecule has 168 valence electrons. The molecule has 1 heterocycles. The second-order valence-corrected chi connectivity index (χ2v) is 8.54. The molecular formula is C27H28N4O2. The Kier molecular flexibility index (Phi) is 6.71. The van der Waals surface area contributed by atoms with Gasteiger partial charge in [0, 0.05) is 18.0 Å². The predicted octanol–water partition coefficient (Wildman–Crippen LogP) is 4.32. The molecule has 0 spiro atoms. The van der Waals surface area contributed by atoms with Gasteiger partial charge in [-0.15, -0.1) is 0 Å². The van der Waals surface area contributed by atoms with E-state index in [-0.39, 0.29) is 11.9 Å². The van der Waals surface area contributed by atoms with Gasteiger partial charge >= 0.3 is 0 Å². The van der Waals surface area contributed by atoms with Crippen LogP contribution in [-0.2, 0) is 6.42 Å². The number of hydrogen-bond acceptors (Lipinski definition) is 4. The second kappa shape index (κ2) is 9.85. The summed E-state index contributed by atoms with van der Waals surface area (Å²) in [5, 5.41) is 27.4. The van der Waals surface area contributed by atoms with Crippen LogP contribution in [0.4, 0.5) is 0 Å². The first-order valence-corrected chi connectivity index (χ1v) is 11.3. The van der Waals surface area contributed by atoms with Gasteiger partial charge in [-0.1, -0.05) is 37.6 Å². The van der Waals surface area contributed by atoms with Crippen LogP contribution in [0.3, 0.4) is 0 Å². The minimum absolute atomic E-state index is 0.237. The van der Waals surface area contributed by atoms with Crippen molar-refractivity contribution in [2.45, 2.75) is 51.2 Å². The van der Waals surface area contributed by atoms with Gasteiger partial charge in [0.15, 0.2) is 0 Å². The van der Waals surface area contributed by atoms with Crippen LogP contribution in [0.25, 0.3) is 11.8 Å². The minimum atomic E-state index is -0.526. The van der Waals surface area contributed by atoms with E-state index in [0.29, 0.717) is 29.5 Å². The highest BCUT2D eigenvalue weighted by molar-refractivity contribution is 5.99. The van der Waals surface area contributed by atoms with Crippen LogP contribution in [0.2, 0.25) is 0 Å². The largest absolute Gasteiger partial charge is 0.391 e. The number of carbonyl (C=O) groups excluding carboxylic acids is 1. The zero-order chi connectivity index (χ0) is 23.4. The lowest BCUT2D eigenvalue weighted by atomic mass is 9.88. The molecule has 4 rings (SSSR count). The van der Waals surface area contributed by atoms with E-state index in [1.807, 2.05) is 43.5 Å². The number of aromatic nitrogens is 2. The zero-order valence-corrected chi connectivity index (χ0v) is 18.8. The maximum absolute atomic E-state index is 13.2. The van der Waals surface area contributed by atoms with E-state index in [1.54, 1.807) is 23.0 Å². The summed E-state index contributed by atoms with van der Waals surface area (Å²) < 4.78 is 1.79. The quantitative estimate of drug-likeness (QED) is 0.597. The van der Waals surface area contributed by atoms with Gasteiger partial charge in [-0.3, -0.25) is 4.79 Å². The van der Waals surface area contributed by atoms with Crippen molar-refractivity contribution in [3.8, 4) is 11.8 Å². The van der Waals surface area contributed by atoms with Gasteiger partial charge in [0.2, 0.25) is 0 Å². The van der Waals surface area contributed by atoms with Crippen LogP contribution in [0.1, 0.15) is 63.9 Å². The van der Waals surface area contributed by atoms with Crippen molar-refractivity contribution < 1.29 is 9.90 Å². The summed E-state index contributed by atoms with van der Waals surface area (Å²) in [6.07, 6.45) is 8.67. The second-order valence-electron chi connectivity index (χ2n) is 8.54. The topological polar surface area (TPSA) is 90.9 Å². The molecular weight excluding hydrogens is 412 g/mol. The van der Waals surface area contributed by atoms with Gasteiger partial charge in [0.25, 0.3) is 5.91 Å². The number of amides is 1. The minimum Gasteiger partial charge on any atom is -0.391 e. The smallest absolute Gasteiger partial charge is 0.252 e. The van der Waals surface area contributed by atoms with Gasteiger partial charge in [0.05, 0.1) is 29.5 Å². The van der Waals surface area contributed by atoms with Crippen molar-refractivity contribution in [1.82, 2.24) is 15.1 Å². The average molecular weight is 441 g/mol. The van der Waals surface area contributed by atoms with E-state index < -0.39 is 6.10 Å². The van der Waals surface area contributed by atoms with E-state index in [4.69, 9.17) is 0 Å². The summed E-state index contributed by atoms with van der Waals surface area (Å²) in [4.78, 5) is 13.2. The Hall–Kier alpha value is -3.69. The lowest BCUT2D eigenvalue weighted by Gasteiger charge is -2.28. The third-order valence-electron chi connectivity index (χ3n) is 6.42. The molecule has 33 heavy (non-hydrogen) atoms. The third kappa shape index (κ3) is 4.74. The van der Waals surface area contributed by atoms with Gasteiger partial charge < -0.3 is 10.4 Å². The standard InChI is InChI=1S/C27H28N4O2/c1-3-22-18(2)24(17-28)20(15-19-9-11-21(12-10-19)31-14-6-13-29-31)16-23(22)27(33)30-25-7-4-5-8-26(25)32/h3,6,9-14,16,25-26,32H,1,4-5,7-8,15H2,2H3,(H,30,33)/t25-,26-/m1/s1. The van der Waals surface area contributed by atoms with Crippen LogP contribution < -0.4 is 5.32 Å². The summed E-state index contributed by atoms with van der Waals surface area (Å²) in [5.41, 5.74) is 5.23. The molecule has 1 fully saturated rings. The van der Waals surface area contributed by atoms with Crippen molar-refractivity contribution in [3.63, 3.8) is 0 Å². The normalized spacial score (nSPS) is 17.8. The van der Waals surface area contributed by atoms with Crippen molar-refractivity contribution in [2.75, 3.05) is 0 Å². The molecule has 0 bridgehead atoms. The number of carbonyl (C=O) groups is 1. The van der Waals surface area contributed by atoms with Crippen molar-refractivity contribution in [3.05, 3.63) is 88.8 Å². The van der Waals surface area contributed by atoms with Crippen LogP contribution in [-0.4, -0.2) is 32.9 Å². The maximum atomic E-state index is 13.2. The Bertz CT molecular complexity index is 1190. The van der Waals surface area contributed by atoms with E-state index in [0.717, 1.165) is 41.6 Å². The van der Waals surface area contributed by atoms with E-state index >= 15 is 0 Å². The Balaban J connectivity index is 1.65.